The summed E-state index contributed by atoms with van der Waals surface area (Å²) in [5.74, 6) is 1.24. The molecule has 0 saturated heterocycles. The number of hydrogen-bond acceptors (Lipinski definition) is 5. The minimum atomic E-state index is -0.472. The monoisotopic (exact) mass is 450 g/mol. The average molecular weight is 451 g/mol. The predicted molar refractivity (Wildman–Crippen MR) is 118 cm³/mol. The Morgan fingerprint density at radius 3 is 2.72 bits per heavy atom. The quantitative estimate of drug-likeness (QED) is 0.425. The van der Waals surface area contributed by atoms with Crippen molar-refractivity contribution in [1.29, 1.82) is 0 Å². The highest BCUT2D eigenvalue weighted by Crippen LogP contribution is 2.29. The van der Waals surface area contributed by atoms with E-state index in [4.69, 9.17) is 27.9 Å². The van der Waals surface area contributed by atoms with E-state index in [-0.39, 0.29) is 6.61 Å². The van der Waals surface area contributed by atoms with E-state index >= 15 is 0 Å². The molecule has 0 aliphatic carbocycles. The fourth-order valence-electron chi connectivity index (χ4n) is 2.58. The van der Waals surface area contributed by atoms with E-state index in [9.17, 15) is 4.79 Å². The Labute approximate surface area is 183 Å². The molecular weight excluding hydrogens is 431 g/mol. The number of benzene rings is 2. The second-order valence-electron chi connectivity index (χ2n) is 6.34. The fraction of sp³-hybridized carbons (Fsp3) is 0.250. The first-order valence-corrected chi connectivity index (χ1v) is 10.6. The second kappa shape index (κ2) is 9.91. The number of nitrogens with zero attached hydrogens (tertiary/aromatic N) is 2. The molecule has 0 saturated carbocycles. The van der Waals surface area contributed by atoms with Gasteiger partial charge in [-0.25, -0.2) is 4.79 Å². The highest BCUT2D eigenvalue weighted by Gasteiger charge is 2.13. The van der Waals surface area contributed by atoms with Gasteiger partial charge in [-0.15, -0.1) is 10.2 Å². The summed E-state index contributed by atoms with van der Waals surface area (Å²) in [7, 11) is 0. The Morgan fingerprint density at radius 2 is 1.97 bits per heavy atom. The molecule has 0 spiro atoms. The van der Waals surface area contributed by atoms with Crippen LogP contribution in [0.15, 0.2) is 42.5 Å². The summed E-state index contributed by atoms with van der Waals surface area (Å²) < 4.78 is 5.94. The van der Waals surface area contributed by atoms with Crippen LogP contribution in [0.3, 0.4) is 0 Å². The maximum Gasteiger partial charge on any atom is 0.325 e. The first-order valence-electron chi connectivity index (χ1n) is 9.03. The van der Waals surface area contributed by atoms with E-state index in [1.807, 2.05) is 18.2 Å². The Bertz CT molecular complexity index is 996. The Balaban J connectivity index is 1.58. The lowest BCUT2D eigenvalue weighted by Crippen LogP contribution is -2.19. The largest absolute Gasteiger partial charge is 0.486 e. The number of aromatic nitrogens is 2. The van der Waals surface area contributed by atoms with Crippen LogP contribution in [0.5, 0.6) is 5.75 Å². The van der Waals surface area contributed by atoms with Gasteiger partial charge in [0.1, 0.15) is 12.4 Å². The van der Waals surface area contributed by atoms with Crippen LogP contribution < -0.4 is 15.4 Å². The number of nitrogens with one attached hydrogen (secondary N) is 2. The fourth-order valence-corrected chi connectivity index (χ4v) is 3.69. The van der Waals surface area contributed by atoms with Crippen molar-refractivity contribution in [2.75, 3.05) is 10.6 Å². The number of carbonyl (C=O) groups excluding carboxylic acids is 1. The molecular formula is C20H20Cl2N4O2S. The van der Waals surface area contributed by atoms with Gasteiger partial charge in [0.15, 0.2) is 5.01 Å². The van der Waals surface area contributed by atoms with Crippen molar-refractivity contribution in [3.63, 3.8) is 0 Å². The lowest BCUT2D eigenvalue weighted by Gasteiger charge is -2.14. The number of hydrogen-bond donors (Lipinski definition) is 2. The molecule has 0 bridgehead atoms. The second-order valence-corrected chi connectivity index (χ2v) is 8.25. The molecule has 2 N–H and O–H groups in total. The van der Waals surface area contributed by atoms with Crippen LogP contribution in [0.2, 0.25) is 10.0 Å². The standard InChI is InChI=1S/C20H20Cl2N4O2S/c1-3-12(2)14-6-4-5-7-17(14)28-11-18-25-26-20(29-18)24-19(27)23-16-9-8-13(21)10-15(16)22/h4-10,12H,3,11H2,1-2H3,(H2,23,24,26,27). The van der Waals surface area contributed by atoms with E-state index in [0.717, 1.165) is 17.7 Å². The van der Waals surface area contributed by atoms with Crippen LogP contribution in [0.25, 0.3) is 0 Å². The van der Waals surface area contributed by atoms with Gasteiger partial charge in [-0.2, -0.15) is 0 Å². The first-order chi connectivity index (χ1) is 14.0. The summed E-state index contributed by atoms with van der Waals surface area (Å²) >= 11 is 13.2. The van der Waals surface area contributed by atoms with Crippen LogP contribution in [-0.2, 0) is 6.61 Å². The zero-order chi connectivity index (χ0) is 20.8. The van der Waals surface area contributed by atoms with Gasteiger partial charge < -0.3 is 10.1 Å². The molecule has 2 amide bonds. The molecule has 0 radical (unpaired) electrons. The lowest BCUT2D eigenvalue weighted by atomic mass is 9.98. The molecule has 0 aliphatic rings. The van der Waals surface area contributed by atoms with Crippen LogP contribution in [0.1, 0.15) is 36.8 Å². The third-order valence-electron chi connectivity index (χ3n) is 4.28. The SMILES string of the molecule is CCC(C)c1ccccc1OCc1nnc(NC(=O)Nc2ccc(Cl)cc2Cl)s1. The van der Waals surface area contributed by atoms with E-state index < -0.39 is 6.03 Å². The van der Waals surface area contributed by atoms with Crippen molar-refractivity contribution in [1.82, 2.24) is 10.2 Å². The smallest absolute Gasteiger partial charge is 0.325 e. The van der Waals surface area contributed by atoms with Gasteiger partial charge in [-0.1, -0.05) is 66.6 Å². The summed E-state index contributed by atoms with van der Waals surface area (Å²) in [5, 5.41) is 15.2. The number of amides is 2. The third-order valence-corrected chi connectivity index (χ3v) is 5.64. The summed E-state index contributed by atoms with van der Waals surface area (Å²) in [5.41, 5.74) is 1.61. The normalized spacial score (nSPS) is 11.7. The molecule has 6 nitrogen and oxygen atoms in total. The maximum absolute atomic E-state index is 12.2. The van der Waals surface area contributed by atoms with E-state index in [1.54, 1.807) is 18.2 Å². The number of ether oxygens (including phenoxy) is 1. The number of rotatable bonds is 7. The van der Waals surface area contributed by atoms with Crippen molar-refractivity contribution >= 4 is 51.4 Å². The first kappa shape index (κ1) is 21.4. The van der Waals surface area contributed by atoms with Gasteiger partial charge in [0.2, 0.25) is 5.13 Å². The molecule has 1 unspecified atom stereocenters. The van der Waals surface area contributed by atoms with Gasteiger partial charge in [0, 0.05) is 5.02 Å². The Hall–Kier alpha value is -2.35. The molecule has 3 aromatic rings. The van der Waals surface area contributed by atoms with Gasteiger partial charge >= 0.3 is 6.03 Å². The van der Waals surface area contributed by atoms with E-state index in [2.05, 4.69) is 40.7 Å². The van der Waals surface area contributed by atoms with Crippen LogP contribution in [-0.4, -0.2) is 16.2 Å². The lowest BCUT2D eigenvalue weighted by molar-refractivity contribution is 0.262. The molecule has 29 heavy (non-hydrogen) atoms. The number of carbonyl (C=O) groups is 1. The number of para-hydroxylation sites is 1. The van der Waals surface area contributed by atoms with Gasteiger partial charge in [0.25, 0.3) is 0 Å². The molecule has 0 fully saturated rings. The molecule has 2 aromatic carbocycles. The van der Waals surface area contributed by atoms with Gasteiger partial charge in [-0.05, 0) is 42.2 Å². The molecule has 1 heterocycles. The van der Waals surface area contributed by atoms with E-state index in [0.29, 0.717) is 31.8 Å². The minimum Gasteiger partial charge on any atom is -0.486 e. The van der Waals surface area contributed by atoms with Crippen LogP contribution in [0, 0.1) is 0 Å². The summed E-state index contributed by atoms with van der Waals surface area (Å²) in [6, 6.07) is 12.3. The third kappa shape index (κ3) is 5.82. The summed E-state index contributed by atoms with van der Waals surface area (Å²) in [4.78, 5) is 12.2. The highest BCUT2D eigenvalue weighted by molar-refractivity contribution is 7.15. The molecule has 3 rings (SSSR count). The summed E-state index contributed by atoms with van der Waals surface area (Å²) in [6.45, 7) is 4.59. The molecule has 1 aromatic heterocycles. The zero-order valence-electron chi connectivity index (χ0n) is 15.9. The zero-order valence-corrected chi connectivity index (χ0v) is 18.2. The minimum absolute atomic E-state index is 0.275. The topological polar surface area (TPSA) is 76.1 Å². The molecule has 9 heteroatoms. The Morgan fingerprint density at radius 1 is 1.17 bits per heavy atom. The van der Waals surface area contributed by atoms with Crippen molar-refractivity contribution in [2.45, 2.75) is 32.8 Å². The highest BCUT2D eigenvalue weighted by atomic mass is 35.5. The average Bonchev–Trinajstić information content (AvgIpc) is 3.15. The van der Waals surface area contributed by atoms with Crippen molar-refractivity contribution in [3.8, 4) is 5.75 Å². The van der Waals surface area contributed by atoms with Crippen LogP contribution in [0.4, 0.5) is 15.6 Å². The van der Waals surface area contributed by atoms with Gasteiger partial charge in [-0.3, -0.25) is 5.32 Å². The predicted octanol–water partition coefficient (Wildman–Crippen LogP) is 6.58. The number of urea groups is 1. The maximum atomic E-state index is 12.2. The van der Waals surface area contributed by atoms with Crippen molar-refractivity contribution in [3.05, 3.63) is 63.1 Å². The molecule has 1 atom stereocenters. The Kier molecular flexibility index (Phi) is 7.30. The van der Waals surface area contributed by atoms with Crippen LogP contribution >= 0.6 is 34.5 Å². The van der Waals surface area contributed by atoms with E-state index in [1.165, 1.54) is 11.3 Å². The number of anilines is 2. The van der Waals surface area contributed by atoms with Crippen molar-refractivity contribution in [2.24, 2.45) is 0 Å². The summed E-state index contributed by atoms with van der Waals surface area (Å²) in [6.07, 6.45) is 1.03. The molecule has 152 valence electrons. The molecule has 0 aliphatic heterocycles. The number of halogens is 2. The van der Waals surface area contributed by atoms with Crippen molar-refractivity contribution < 1.29 is 9.53 Å². The van der Waals surface area contributed by atoms with Gasteiger partial charge in [0.05, 0.1) is 10.7 Å².